The quantitative estimate of drug-likeness (QED) is 0.671. The lowest BCUT2D eigenvalue weighted by atomic mass is 9.73. The van der Waals surface area contributed by atoms with E-state index in [4.69, 9.17) is 0 Å². The lowest BCUT2D eigenvalue weighted by Gasteiger charge is -2.43. The van der Waals surface area contributed by atoms with Crippen molar-refractivity contribution in [3.05, 3.63) is 48.9 Å². The molecule has 0 aliphatic carbocycles. The summed E-state index contributed by atoms with van der Waals surface area (Å²) in [5, 5.41) is 15.0. The Morgan fingerprint density at radius 1 is 1.12 bits per heavy atom. The largest absolute Gasteiger partial charge is 0.365 e. The van der Waals surface area contributed by atoms with Crippen LogP contribution in [0.5, 0.6) is 0 Å². The Kier molecular flexibility index (Phi) is 4.43. The van der Waals surface area contributed by atoms with Gasteiger partial charge in [-0.25, -0.2) is 15.0 Å². The first-order valence-electron chi connectivity index (χ1n) is 8.38. The molecule has 0 bridgehead atoms. The maximum Gasteiger partial charge on any atom is 0.225 e. The molecule has 1 atom stereocenters. The Labute approximate surface area is 147 Å². The van der Waals surface area contributed by atoms with Crippen LogP contribution in [-0.4, -0.2) is 29.4 Å². The molecule has 0 aliphatic heterocycles. The number of aromatic nitrogens is 5. The summed E-state index contributed by atoms with van der Waals surface area (Å²) in [5.41, 5.74) is -0.631. The molecule has 3 rings (SSSR count). The Balaban J connectivity index is 2.14. The van der Waals surface area contributed by atoms with Crippen LogP contribution in [0.3, 0.4) is 0 Å². The van der Waals surface area contributed by atoms with Gasteiger partial charge in [0.05, 0.1) is 18.1 Å². The molecule has 7 nitrogen and oxygen atoms in total. The average molecular weight is 340 g/mol. The van der Waals surface area contributed by atoms with Gasteiger partial charge in [0.2, 0.25) is 5.95 Å². The predicted molar refractivity (Wildman–Crippen MR) is 95.8 cm³/mol. The molecule has 132 valence electrons. The van der Waals surface area contributed by atoms with Crippen LogP contribution in [0.1, 0.15) is 39.8 Å². The molecule has 0 spiro atoms. The summed E-state index contributed by atoms with van der Waals surface area (Å²) in [7, 11) is 0. The molecule has 0 fully saturated rings. The second-order valence-corrected chi connectivity index (χ2v) is 7.34. The summed E-state index contributed by atoms with van der Waals surface area (Å²) in [6, 6.07) is 1.74. The molecule has 3 aromatic rings. The molecular formula is C18H24N6O. The van der Waals surface area contributed by atoms with Crippen LogP contribution in [-0.2, 0) is 5.72 Å². The van der Waals surface area contributed by atoms with Crippen molar-refractivity contribution in [3.8, 4) is 0 Å². The minimum absolute atomic E-state index is 0.367. The molecule has 7 heteroatoms. The maximum absolute atomic E-state index is 11.8. The molecule has 0 amide bonds. The molecular weight excluding hydrogens is 316 g/mol. The third kappa shape index (κ3) is 3.19. The highest BCUT2D eigenvalue weighted by Gasteiger charge is 2.48. The number of rotatable bonds is 6. The van der Waals surface area contributed by atoms with Crippen molar-refractivity contribution in [3.63, 3.8) is 0 Å². The highest BCUT2D eigenvalue weighted by Crippen LogP contribution is 2.44. The van der Waals surface area contributed by atoms with Gasteiger partial charge in [0.1, 0.15) is 0 Å². The van der Waals surface area contributed by atoms with Crippen molar-refractivity contribution in [1.82, 2.24) is 24.3 Å². The van der Waals surface area contributed by atoms with Gasteiger partial charge < -0.3 is 10.4 Å². The number of nitrogens with one attached hydrogen (secondary N) is 1. The number of aliphatic hydroxyl groups is 1. The van der Waals surface area contributed by atoms with E-state index in [1.165, 1.54) is 0 Å². The van der Waals surface area contributed by atoms with Gasteiger partial charge in [0.15, 0.2) is 11.4 Å². The van der Waals surface area contributed by atoms with Crippen LogP contribution in [0.2, 0.25) is 0 Å². The molecule has 0 saturated heterocycles. The van der Waals surface area contributed by atoms with Gasteiger partial charge in [0, 0.05) is 30.2 Å². The maximum atomic E-state index is 11.8. The van der Waals surface area contributed by atoms with Crippen molar-refractivity contribution in [1.29, 1.82) is 0 Å². The highest BCUT2D eigenvalue weighted by atomic mass is 16.3. The Bertz CT molecular complexity index is 845. The SMILES string of the molecule is CC(C)CC(C)(C)C(O)(Nc1ncccn1)c1cnc2cnccn12. The first-order valence-corrected chi connectivity index (χ1v) is 8.38. The van der Waals surface area contributed by atoms with Crippen molar-refractivity contribution in [2.24, 2.45) is 11.3 Å². The standard InChI is InChI=1S/C18H24N6O/c1-13(2)10-17(3,4)18(25,23-16-20-6-5-7-21-16)14-11-22-15-12-19-8-9-24(14)15/h5-9,11-13,25H,10H2,1-4H3,(H,20,21,23). The van der Waals surface area contributed by atoms with E-state index < -0.39 is 11.1 Å². The number of hydrogen-bond acceptors (Lipinski definition) is 6. The number of fused-ring (bicyclic) bond motifs is 1. The Morgan fingerprint density at radius 2 is 1.84 bits per heavy atom. The van der Waals surface area contributed by atoms with E-state index in [-0.39, 0.29) is 0 Å². The minimum atomic E-state index is -1.42. The van der Waals surface area contributed by atoms with Gasteiger partial charge in [-0.15, -0.1) is 0 Å². The zero-order valence-electron chi connectivity index (χ0n) is 15.0. The summed E-state index contributed by atoms with van der Waals surface area (Å²) < 4.78 is 1.84. The summed E-state index contributed by atoms with van der Waals surface area (Å²) in [4.78, 5) is 16.9. The Hall–Kier alpha value is -2.54. The summed E-state index contributed by atoms with van der Waals surface area (Å²) in [6.45, 7) is 8.34. The average Bonchev–Trinajstić information content (AvgIpc) is 2.99. The zero-order valence-corrected chi connectivity index (χ0v) is 15.0. The predicted octanol–water partition coefficient (Wildman–Crippen LogP) is 2.85. The van der Waals surface area contributed by atoms with Crippen LogP contribution in [0, 0.1) is 11.3 Å². The first-order chi connectivity index (χ1) is 11.8. The monoisotopic (exact) mass is 340 g/mol. The van der Waals surface area contributed by atoms with E-state index in [2.05, 4.69) is 39.1 Å². The van der Waals surface area contributed by atoms with Crippen molar-refractivity contribution in [2.45, 2.75) is 39.8 Å². The van der Waals surface area contributed by atoms with Crippen LogP contribution in [0.4, 0.5) is 5.95 Å². The van der Waals surface area contributed by atoms with Gasteiger partial charge >= 0.3 is 0 Å². The highest BCUT2D eigenvalue weighted by molar-refractivity contribution is 5.42. The lowest BCUT2D eigenvalue weighted by Crippen LogP contribution is -2.50. The fourth-order valence-corrected chi connectivity index (χ4v) is 3.38. The second kappa shape index (κ2) is 6.40. The van der Waals surface area contributed by atoms with E-state index in [9.17, 15) is 5.11 Å². The Morgan fingerprint density at radius 3 is 2.52 bits per heavy atom. The molecule has 2 N–H and O–H groups in total. The van der Waals surface area contributed by atoms with Crippen molar-refractivity contribution >= 4 is 11.6 Å². The number of nitrogens with zero attached hydrogens (tertiary/aromatic N) is 5. The number of imidazole rings is 1. The molecule has 1 unspecified atom stereocenters. The van der Waals surface area contributed by atoms with Crippen LogP contribution >= 0.6 is 0 Å². The lowest BCUT2D eigenvalue weighted by molar-refractivity contribution is -0.0633. The molecule has 0 aliphatic rings. The van der Waals surface area contributed by atoms with Gasteiger partial charge in [-0.1, -0.05) is 27.7 Å². The summed E-state index contributed by atoms with van der Waals surface area (Å²) >= 11 is 0. The van der Waals surface area contributed by atoms with Gasteiger partial charge in [-0.2, -0.15) is 0 Å². The summed E-state index contributed by atoms with van der Waals surface area (Å²) in [6.07, 6.45) is 10.9. The molecule has 0 saturated carbocycles. The van der Waals surface area contributed by atoms with E-state index >= 15 is 0 Å². The van der Waals surface area contributed by atoms with E-state index in [1.54, 1.807) is 43.2 Å². The third-order valence-corrected chi connectivity index (χ3v) is 4.44. The fourth-order valence-electron chi connectivity index (χ4n) is 3.38. The van der Waals surface area contributed by atoms with Gasteiger partial charge in [0.25, 0.3) is 0 Å². The fraction of sp³-hybridized carbons (Fsp3) is 0.444. The van der Waals surface area contributed by atoms with E-state index in [0.717, 1.165) is 6.42 Å². The number of hydrogen-bond donors (Lipinski definition) is 2. The van der Waals surface area contributed by atoms with Gasteiger partial charge in [-0.3, -0.25) is 9.38 Å². The molecule has 3 heterocycles. The molecule has 25 heavy (non-hydrogen) atoms. The van der Waals surface area contributed by atoms with Crippen LogP contribution in [0.25, 0.3) is 5.65 Å². The molecule has 0 radical (unpaired) electrons. The van der Waals surface area contributed by atoms with Crippen molar-refractivity contribution < 1.29 is 5.11 Å². The molecule has 0 aromatic carbocycles. The third-order valence-electron chi connectivity index (χ3n) is 4.44. The van der Waals surface area contributed by atoms with Crippen molar-refractivity contribution in [2.75, 3.05) is 5.32 Å². The topological polar surface area (TPSA) is 88.2 Å². The van der Waals surface area contributed by atoms with E-state index in [0.29, 0.717) is 23.2 Å². The smallest absolute Gasteiger partial charge is 0.225 e. The normalized spacial score (nSPS) is 14.6. The second-order valence-electron chi connectivity index (χ2n) is 7.34. The molecule has 3 aromatic heterocycles. The zero-order chi connectivity index (χ0) is 18.1. The van der Waals surface area contributed by atoms with Gasteiger partial charge in [-0.05, 0) is 18.4 Å². The minimum Gasteiger partial charge on any atom is -0.365 e. The van der Waals surface area contributed by atoms with E-state index in [1.807, 2.05) is 18.2 Å². The number of anilines is 1. The van der Waals surface area contributed by atoms with Crippen LogP contribution < -0.4 is 5.32 Å². The first kappa shape index (κ1) is 17.3. The van der Waals surface area contributed by atoms with Crippen LogP contribution in [0.15, 0.2) is 43.2 Å². The summed E-state index contributed by atoms with van der Waals surface area (Å²) in [5.74, 6) is 0.770.